The molecule has 0 spiro atoms. The fraction of sp³-hybridized carbons (Fsp3) is 0.385. The van der Waals surface area contributed by atoms with Crippen molar-refractivity contribution in [2.24, 2.45) is 0 Å². The van der Waals surface area contributed by atoms with Gasteiger partial charge < -0.3 is 14.7 Å². The van der Waals surface area contributed by atoms with Gasteiger partial charge in [-0.25, -0.2) is 4.79 Å². The van der Waals surface area contributed by atoms with Gasteiger partial charge >= 0.3 is 5.97 Å². The van der Waals surface area contributed by atoms with E-state index in [9.17, 15) is 9.59 Å². The molecule has 6 heteroatoms. The van der Waals surface area contributed by atoms with E-state index in [1.54, 1.807) is 12.1 Å². The van der Waals surface area contributed by atoms with Crippen LogP contribution in [0.3, 0.4) is 0 Å². The van der Waals surface area contributed by atoms with Crippen LogP contribution in [0.5, 0.6) is 5.75 Å². The first kappa shape index (κ1) is 13.9. The standard InChI is InChI=1S/C13H14BrNO4/c14-9-3-5-10(6-4-9)19-8-12(16)15-7-1-2-11(15)13(17)18/h3-6,11H,1-2,7-8H2,(H,17,18)/t11-/m1/s1. The lowest BCUT2D eigenvalue weighted by Gasteiger charge is -2.21. The van der Waals surface area contributed by atoms with Gasteiger partial charge in [0.2, 0.25) is 0 Å². The second-order valence-electron chi connectivity index (χ2n) is 4.33. The highest BCUT2D eigenvalue weighted by Crippen LogP contribution is 2.19. The van der Waals surface area contributed by atoms with E-state index in [2.05, 4.69) is 15.9 Å². The highest BCUT2D eigenvalue weighted by Gasteiger charge is 2.33. The number of aliphatic carboxylic acids is 1. The van der Waals surface area contributed by atoms with Crippen LogP contribution in [0.4, 0.5) is 0 Å². The summed E-state index contributed by atoms with van der Waals surface area (Å²) in [5.74, 6) is -0.648. The molecule has 0 bridgehead atoms. The van der Waals surface area contributed by atoms with Crippen LogP contribution in [0.1, 0.15) is 12.8 Å². The molecule has 2 rings (SSSR count). The summed E-state index contributed by atoms with van der Waals surface area (Å²) in [6.07, 6.45) is 1.24. The van der Waals surface area contributed by atoms with E-state index in [0.717, 1.165) is 10.9 Å². The number of hydrogen-bond donors (Lipinski definition) is 1. The summed E-state index contributed by atoms with van der Waals surface area (Å²) in [7, 11) is 0. The maximum atomic E-state index is 11.9. The van der Waals surface area contributed by atoms with Gasteiger partial charge in [-0.3, -0.25) is 4.79 Å². The zero-order chi connectivity index (χ0) is 13.8. The SMILES string of the molecule is O=C(O)[C@H]1CCCN1C(=O)COc1ccc(Br)cc1. The Morgan fingerprint density at radius 2 is 2.05 bits per heavy atom. The number of carbonyl (C=O) groups is 2. The Balaban J connectivity index is 1.90. The van der Waals surface area contributed by atoms with E-state index < -0.39 is 12.0 Å². The Kier molecular flexibility index (Phi) is 4.42. The molecule has 1 N–H and O–H groups in total. The van der Waals surface area contributed by atoms with Gasteiger partial charge in [-0.1, -0.05) is 15.9 Å². The number of carboxylic acids is 1. The Bertz CT molecular complexity index is 474. The lowest BCUT2D eigenvalue weighted by atomic mass is 10.2. The maximum Gasteiger partial charge on any atom is 0.326 e. The highest BCUT2D eigenvalue weighted by molar-refractivity contribution is 9.10. The molecule has 19 heavy (non-hydrogen) atoms. The van der Waals surface area contributed by atoms with Crippen molar-refractivity contribution in [3.05, 3.63) is 28.7 Å². The van der Waals surface area contributed by atoms with Crippen LogP contribution in [0.25, 0.3) is 0 Å². The first-order chi connectivity index (χ1) is 9.08. The summed E-state index contributed by atoms with van der Waals surface area (Å²) in [5.41, 5.74) is 0. The molecule has 1 fully saturated rings. The molecule has 1 aromatic carbocycles. The fourth-order valence-corrected chi connectivity index (χ4v) is 2.35. The van der Waals surface area contributed by atoms with E-state index in [4.69, 9.17) is 9.84 Å². The Hall–Kier alpha value is -1.56. The van der Waals surface area contributed by atoms with Crippen molar-refractivity contribution in [2.45, 2.75) is 18.9 Å². The molecule has 1 saturated heterocycles. The third-order valence-corrected chi connectivity index (χ3v) is 3.56. The maximum absolute atomic E-state index is 11.9. The topological polar surface area (TPSA) is 66.8 Å². The van der Waals surface area contributed by atoms with E-state index in [-0.39, 0.29) is 12.5 Å². The molecule has 1 amide bonds. The number of nitrogens with zero attached hydrogens (tertiary/aromatic N) is 1. The average Bonchev–Trinajstić information content (AvgIpc) is 2.87. The molecule has 0 aliphatic carbocycles. The molecule has 5 nitrogen and oxygen atoms in total. The zero-order valence-corrected chi connectivity index (χ0v) is 11.8. The van der Waals surface area contributed by atoms with Gasteiger partial charge in [0.15, 0.2) is 6.61 Å². The second kappa shape index (κ2) is 6.06. The van der Waals surface area contributed by atoms with Crippen LogP contribution in [-0.2, 0) is 9.59 Å². The molecule has 1 aliphatic rings. The van der Waals surface area contributed by atoms with E-state index in [1.807, 2.05) is 12.1 Å². The average molecular weight is 328 g/mol. The van der Waals surface area contributed by atoms with E-state index in [0.29, 0.717) is 18.7 Å². The number of ether oxygens (including phenoxy) is 1. The van der Waals surface area contributed by atoms with Crippen molar-refractivity contribution in [1.82, 2.24) is 4.90 Å². The summed E-state index contributed by atoms with van der Waals surface area (Å²) >= 11 is 3.31. The van der Waals surface area contributed by atoms with Crippen molar-refractivity contribution in [3.63, 3.8) is 0 Å². The summed E-state index contributed by atoms with van der Waals surface area (Å²) in [5, 5.41) is 9.01. The number of carboxylic acid groups (broad SMARTS) is 1. The van der Waals surface area contributed by atoms with E-state index >= 15 is 0 Å². The largest absolute Gasteiger partial charge is 0.484 e. The summed E-state index contributed by atoms with van der Waals surface area (Å²) in [4.78, 5) is 24.3. The smallest absolute Gasteiger partial charge is 0.326 e. The van der Waals surface area contributed by atoms with Gasteiger partial charge in [0.25, 0.3) is 5.91 Å². The quantitative estimate of drug-likeness (QED) is 0.917. The van der Waals surface area contributed by atoms with Crippen LogP contribution in [0.15, 0.2) is 28.7 Å². The van der Waals surface area contributed by atoms with E-state index in [1.165, 1.54) is 4.90 Å². The van der Waals surface area contributed by atoms with Crippen LogP contribution >= 0.6 is 15.9 Å². The molecule has 0 saturated carbocycles. The minimum atomic E-state index is -0.950. The Morgan fingerprint density at radius 1 is 1.37 bits per heavy atom. The van der Waals surface area contributed by atoms with Crippen molar-refractivity contribution in [3.8, 4) is 5.75 Å². The molecule has 1 atom stereocenters. The number of benzene rings is 1. The van der Waals surface area contributed by atoms with Crippen molar-refractivity contribution in [1.29, 1.82) is 0 Å². The molecule has 0 unspecified atom stereocenters. The van der Waals surface area contributed by atoms with Crippen LogP contribution in [-0.4, -0.2) is 41.1 Å². The monoisotopic (exact) mass is 327 g/mol. The number of hydrogen-bond acceptors (Lipinski definition) is 3. The Morgan fingerprint density at radius 3 is 2.68 bits per heavy atom. The third-order valence-electron chi connectivity index (χ3n) is 3.03. The lowest BCUT2D eigenvalue weighted by molar-refractivity contribution is -0.148. The molecule has 102 valence electrons. The molecule has 1 heterocycles. The third kappa shape index (κ3) is 3.47. The normalized spacial score (nSPS) is 18.4. The number of likely N-dealkylation sites (tertiary alicyclic amines) is 1. The molecule has 0 aromatic heterocycles. The number of carbonyl (C=O) groups excluding carboxylic acids is 1. The predicted molar refractivity (Wildman–Crippen MR) is 72.0 cm³/mol. The number of rotatable bonds is 4. The van der Waals surface area contributed by atoms with Crippen LogP contribution < -0.4 is 4.74 Å². The molecular formula is C13H14BrNO4. The number of halogens is 1. The van der Waals surface area contributed by atoms with Gasteiger partial charge in [-0.15, -0.1) is 0 Å². The lowest BCUT2D eigenvalue weighted by Crippen LogP contribution is -2.42. The van der Waals surface area contributed by atoms with Gasteiger partial charge in [-0.05, 0) is 37.1 Å². The minimum absolute atomic E-state index is 0.134. The molecule has 1 aliphatic heterocycles. The second-order valence-corrected chi connectivity index (χ2v) is 5.24. The van der Waals surface area contributed by atoms with Crippen molar-refractivity contribution < 1.29 is 19.4 Å². The zero-order valence-electron chi connectivity index (χ0n) is 10.2. The van der Waals surface area contributed by atoms with Gasteiger partial charge in [0.1, 0.15) is 11.8 Å². The Labute approximate surface area is 119 Å². The first-order valence-corrected chi connectivity index (χ1v) is 6.78. The summed E-state index contributed by atoms with van der Waals surface area (Å²) in [6.45, 7) is 0.352. The van der Waals surface area contributed by atoms with Gasteiger partial charge in [0.05, 0.1) is 0 Å². The van der Waals surface area contributed by atoms with Crippen molar-refractivity contribution >= 4 is 27.8 Å². The van der Waals surface area contributed by atoms with Crippen molar-refractivity contribution in [2.75, 3.05) is 13.2 Å². The molecule has 1 aromatic rings. The molecular weight excluding hydrogens is 314 g/mol. The first-order valence-electron chi connectivity index (χ1n) is 5.98. The molecule has 0 radical (unpaired) electrons. The fourth-order valence-electron chi connectivity index (χ4n) is 2.08. The van der Waals surface area contributed by atoms with Crippen LogP contribution in [0.2, 0.25) is 0 Å². The van der Waals surface area contributed by atoms with Crippen LogP contribution in [0, 0.1) is 0 Å². The number of amides is 1. The van der Waals surface area contributed by atoms with Gasteiger partial charge in [-0.2, -0.15) is 0 Å². The van der Waals surface area contributed by atoms with Gasteiger partial charge in [0, 0.05) is 11.0 Å². The highest BCUT2D eigenvalue weighted by atomic mass is 79.9. The summed E-state index contributed by atoms with van der Waals surface area (Å²) < 4.78 is 6.29. The predicted octanol–water partition coefficient (Wildman–Crippen LogP) is 1.90. The minimum Gasteiger partial charge on any atom is -0.484 e. The summed E-state index contributed by atoms with van der Waals surface area (Å²) in [6, 6.07) is 6.42.